The molecule has 0 aliphatic carbocycles. The Morgan fingerprint density at radius 1 is 1.03 bits per heavy atom. The van der Waals surface area contributed by atoms with E-state index in [9.17, 15) is 9.59 Å². The van der Waals surface area contributed by atoms with E-state index in [0.29, 0.717) is 16.5 Å². The molecule has 2 aromatic carbocycles. The SMILES string of the molecule is CC[C@@H](C(=O)NC(C)(C)C)N(Cc1ccc(Cl)c(Cl)c1)C(=O)Cc1cccc(C)c1. The number of hydrogen-bond acceptors (Lipinski definition) is 2. The molecular formula is C24H30Cl2N2O2. The van der Waals surface area contributed by atoms with Crippen molar-refractivity contribution in [2.24, 2.45) is 0 Å². The lowest BCUT2D eigenvalue weighted by atomic mass is 10.0. The Kier molecular flexibility index (Phi) is 8.34. The summed E-state index contributed by atoms with van der Waals surface area (Å²) in [4.78, 5) is 28.0. The second-order valence-corrected chi connectivity index (χ2v) is 9.41. The molecule has 0 saturated carbocycles. The number of carbonyl (C=O) groups is 2. The summed E-state index contributed by atoms with van der Waals surface area (Å²) in [7, 11) is 0. The maximum atomic E-state index is 13.3. The van der Waals surface area contributed by atoms with E-state index in [1.54, 1.807) is 17.0 Å². The van der Waals surface area contributed by atoms with Crippen LogP contribution in [-0.2, 0) is 22.6 Å². The third-order valence-corrected chi connectivity index (χ3v) is 5.40. The van der Waals surface area contributed by atoms with Gasteiger partial charge in [-0.1, -0.05) is 66.0 Å². The molecule has 4 nitrogen and oxygen atoms in total. The first-order valence-electron chi connectivity index (χ1n) is 10.1. The average molecular weight is 449 g/mol. The Hall–Kier alpha value is -2.04. The largest absolute Gasteiger partial charge is 0.350 e. The molecule has 0 aromatic heterocycles. The summed E-state index contributed by atoms with van der Waals surface area (Å²) in [6.45, 7) is 9.96. The van der Waals surface area contributed by atoms with Gasteiger partial charge in [0.15, 0.2) is 0 Å². The van der Waals surface area contributed by atoms with Crippen LogP contribution in [0.15, 0.2) is 42.5 Å². The van der Waals surface area contributed by atoms with Crippen LogP contribution in [-0.4, -0.2) is 28.3 Å². The van der Waals surface area contributed by atoms with Gasteiger partial charge >= 0.3 is 0 Å². The zero-order valence-corrected chi connectivity index (χ0v) is 19.8. The standard InChI is InChI=1S/C24H30Cl2N2O2/c1-6-21(23(30)27-24(3,4)5)28(15-18-10-11-19(25)20(26)13-18)22(29)14-17-9-7-8-16(2)12-17/h7-13,21H,6,14-15H2,1-5H3,(H,27,30)/t21-/m0/s1. The Balaban J connectivity index is 2.35. The summed E-state index contributed by atoms with van der Waals surface area (Å²) in [5.74, 6) is -0.273. The molecular weight excluding hydrogens is 419 g/mol. The maximum Gasteiger partial charge on any atom is 0.243 e. The molecule has 0 radical (unpaired) electrons. The molecule has 30 heavy (non-hydrogen) atoms. The fraction of sp³-hybridized carbons (Fsp3) is 0.417. The van der Waals surface area contributed by atoms with Crippen LogP contribution in [0.1, 0.15) is 50.8 Å². The van der Waals surface area contributed by atoms with Crippen LogP contribution >= 0.6 is 23.2 Å². The van der Waals surface area contributed by atoms with Gasteiger partial charge in [0.05, 0.1) is 16.5 Å². The smallest absolute Gasteiger partial charge is 0.243 e. The quantitative estimate of drug-likeness (QED) is 0.601. The molecule has 162 valence electrons. The molecule has 0 aliphatic heterocycles. The van der Waals surface area contributed by atoms with Gasteiger partial charge in [-0.25, -0.2) is 0 Å². The predicted octanol–water partition coefficient (Wildman–Crippen LogP) is 5.57. The number of benzene rings is 2. The Labute approximate surface area is 189 Å². The van der Waals surface area contributed by atoms with E-state index >= 15 is 0 Å². The van der Waals surface area contributed by atoms with Crippen LogP contribution < -0.4 is 5.32 Å². The van der Waals surface area contributed by atoms with E-state index in [1.165, 1.54) is 0 Å². The van der Waals surface area contributed by atoms with Gasteiger partial charge in [0.1, 0.15) is 6.04 Å². The highest BCUT2D eigenvalue weighted by molar-refractivity contribution is 6.42. The lowest BCUT2D eigenvalue weighted by Gasteiger charge is -2.33. The van der Waals surface area contributed by atoms with Gasteiger partial charge in [0.25, 0.3) is 0 Å². The van der Waals surface area contributed by atoms with Crippen molar-refractivity contribution in [2.75, 3.05) is 0 Å². The van der Waals surface area contributed by atoms with Crippen LogP contribution in [0.25, 0.3) is 0 Å². The van der Waals surface area contributed by atoms with Crippen LogP contribution in [0.2, 0.25) is 10.0 Å². The summed E-state index contributed by atoms with van der Waals surface area (Å²) in [6, 6.07) is 12.5. The number of rotatable bonds is 7. The van der Waals surface area contributed by atoms with Crippen LogP contribution in [0, 0.1) is 6.92 Å². The zero-order valence-electron chi connectivity index (χ0n) is 18.3. The van der Waals surface area contributed by atoms with Crippen LogP contribution in [0.4, 0.5) is 0 Å². The van der Waals surface area contributed by atoms with Gasteiger partial charge in [-0.05, 0) is 57.4 Å². The fourth-order valence-electron chi connectivity index (χ4n) is 3.31. The molecule has 2 rings (SSSR count). The highest BCUT2D eigenvalue weighted by atomic mass is 35.5. The summed E-state index contributed by atoms with van der Waals surface area (Å²) in [5, 5.41) is 3.88. The number of amides is 2. The van der Waals surface area contributed by atoms with Crippen LogP contribution in [0.5, 0.6) is 0 Å². The summed E-state index contributed by atoms with van der Waals surface area (Å²) >= 11 is 12.2. The Morgan fingerprint density at radius 3 is 2.30 bits per heavy atom. The number of carbonyl (C=O) groups excluding carboxylic acids is 2. The molecule has 0 aliphatic rings. The summed E-state index contributed by atoms with van der Waals surface area (Å²) < 4.78 is 0. The zero-order chi connectivity index (χ0) is 22.5. The number of halogens is 2. The summed E-state index contributed by atoms with van der Waals surface area (Å²) in [5.41, 5.74) is 2.45. The molecule has 0 heterocycles. The lowest BCUT2D eigenvalue weighted by molar-refractivity contribution is -0.141. The van der Waals surface area contributed by atoms with E-state index in [0.717, 1.165) is 16.7 Å². The average Bonchev–Trinajstić information content (AvgIpc) is 2.63. The molecule has 0 saturated heterocycles. The Bertz CT molecular complexity index is 906. The minimum atomic E-state index is -0.587. The minimum Gasteiger partial charge on any atom is -0.350 e. The van der Waals surface area contributed by atoms with Gasteiger partial charge in [0, 0.05) is 12.1 Å². The van der Waals surface area contributed by atoms with E-state index in [4.69, 9.17) is 23.2 Å². The van der Waals surface area contributed by atoms with E-state index in [-0.39, 0.29) is 30.3 Å². The van der Waals surface area contributed by atoms with Gasteiger partial charge in [-0.3, -0.25) is 9.59 Å². The topological polar surface area (TPSA) is 49.4 Å². The van der Waals surface area contributed by atoms with Crippen molar-refractivity contribution < 1.29 is 9.59 Å². The highest BCUT2D eigenvalue weighted by Gasteiger charge is 2.30. The first-order chi connectivity index (χ1) is 14.0. The molecule has 6 heteroatoms. The molecule has 0 spiro atoms. The van der Waals surface area contributed by atoms with E-state index < -0.39 is 6.04 Å². The van der Waals surface area contributed by atoms with Gasteiger partial charge < -0.3 is 10.2 Å². The first-order valence-corrected chi connectivity index (χ1v) is 10.9. The van der Waals surface area contributed by atoms with Crippen molar-refractivity contribution in [3.05, 3.63) is 69.2 Å². The Morgan fingerprint density at radius 2 is 1.73 bits per heavy atom. The molecule has 1 atom stereocenters. The van der Waals surface area contributed by atoms with Crippen molar-refractivity contribution in [2.45, 2.75) is 65.6 Å². The van der Waals surface area contributed by atoms with E-state index in [2.05, 4.69) is 5.32 Å². The fourth-order valence-corrected chi connectivity index (χ4v) is 3.63. The normalized spacial score (nSPS) is 12.4. The third-order valence-electron chi connectivity index (χ3n) is 4.66. The van der Waals surface area contributed by atoms with Crippen molar-refractivity contribution in [1.29, 1.82) is 0 Å². The molecule has 0 bridgehead atoms. The second-order valence-electron chi connectivity index (χ2n) is 8.60. The molecule has 1 N–H and O–H groups in total. The minimum absolute atomic E-state index is 0.109. The second kappa shape index (κ2) is 10.3. The third kappa shape index (κ3) is 7.03. The van der Waals surface area contributed by atoms with Crippen molar-refractivity contribution in [3.8, 4) is 0 Å². The van der Waals surface area contributed by atoms with E-state index in [1.807, 2.05) is 65.0 Å². The monoisotopic (exact) mass is 448 g/mol. The van der Waals surface area contributed by atoms with Gasteiger partial charge in [-0.15, -0.1) is 0 Å². The first kappa shape index (κ1) is 24.2. The van der Waals surface area contributed by atoms with Crippen LogP contribution in [0.3, 0.4) is 0 Å². The number of hydrogen-bond donors (Lipinski definition) is 1. The van der Waals surface area contributed by atoms with Gasteiger partial charge in [-0.2, -0.15) is 0 Å². The van der Waals surface area contributed by atoms with Crippen molar-refractivity contribution in [1.82, 2.24) is 10.2 Å². The molecule has 2 amide bonds. The lowest BCUT2D eigenvalue weighted by Crippen LogP contribution is -2.53. The van der Waals surface area contributed by atoms with Gasteiger partial charge in [0.2, 0.25) is 11.8 Å². The highest BCUT2D eigenvalue weighted by Crippen LogP contribution is 2.24. The number of nitrogens with one attached hydrogen (secondary N) is 1. The molecule has 2 aromatic rings. The predicted molar refractivity (Wildman–Crippen MR) is 124 cm³/mol. The van der Waals surface area contributed by atoms with Crippen molar-refractivity contribution in [3.63, 3.8) is 0 Å². The molecule has 0 fully saturated rings. The number of nitrogens with zero attached hydrogens (tertiary/aromatic N) is 1. The van der Waals surface area contributed by atoms with Crippen molar-refractivity contribution >= 4 is 35.0 Å². The maximum absolute atomic E-state index is 13.3. The number of aryl methyl sites for hydroxylation is 1. The summed E-state index contributed by atoms with van der Waals surface area (Å²) in [6.07, 6.45) is 0.727. The molecule has 0 unspecified atom stereocenters.